The van der Waals surface area contributed by atoms with Crippen molar-refractivity contribution in [1.29, 1.82) is 0 Å². The SMILES string of the molecule is Cc1ccccc1[C@H]1C=Cc2ccccc2[C@H]1O. The lowest BCUT2D eigenvalue weighted by Crippen LogP contribution is -2.14. The third-order valence-electron chi connectivity index (χ3n) is 3.69. The molecule has 0 amide bonds. The van der Waals surface area contributed by atoms with Crippen molar-refractivity contribution < 1.29 is 5.11 Å². The minimum Gasteiger partial charge on any atom is -0.387 e. The Morgan fingerprint density at radius 3 is 2.33 bits per heavy atom. The van der Waals surface area contributed by atoms with Gasteiger partial charge in [0.25, 0.3) is 0 Å². The number of hydrogen-bond donors (Lipinski definition) is 1. The summed E-state index contributed by atoms with van der Waals surface area (Å²) in [6, 6.07) is 16.3. The van der Waals surface area contributed by atoms with Gasteiger partial charge in [-0.2, -0.15) is 0 Å². The molecular weight excluding hydrogens is 220 g/mol. The van der Waals surface area contributed by atoms with Crippen molar-refractivity contribution in [3.63, 3.8) is 0 Å². The fourth-order valence-electron chi connectivity index (χ4n) is 2.67. The van der Waals surface area contributed by atoms with Gasteiger partial charge < -0.3 is 5.11 Å². The third kappa shape index (κ3) is 1.77. The molecular formula is C17H16O. The molecule has 0 spiro atoms. The first-order valence-electron chi connectivity index (χ1n) is 6.28. The molecule has 2 aromatic carbocycles. The number of rotatable bonds is 1. The number of aliphatic hydroxyl groups excluding tert-OH is 1. The molecule has 1 N–H and O–H groups in total. The van der Waals surface area contributed by atoms with E-state index in [9.17, 15) is 5.11 Å². The van der Waals surface area contributed by atoms with Gasteiger partial charge in [0.15, 0.2) is 0 Å². The van der Waals surface area contributed by atoms with E-state index in [1.165, 1.54) is 11.1 Å². The summed E-state index contributed by atoms with van der Waals surface area (Å²) in [5.74, 6) is 0.0566. The van der Waals surface area contributed by atoms with Crippen LogP contribution in [0.2, 0.25) is 0 Å². The van der Waals surface area contributed by atoms with Crippen LogP contribution in [0.1, 0.15) is 34.3 Å². The Kier molecular flexibility index (Phi) is 2.77. The molecule has 1 heteroatoms. The average Bonchev–Trinajstić information content (AvgIpc) is 2.41. The highest BCUT2D eigenvalue weighted by Crippen LogP contribution is 2.39. The molecule has 0 heterocycles. The monoisotopic (exact) mass is 236 g/mol. The summed E-state index contributed by atoms with van der Waals surface area (Å²) in [6.45, 7) is 2.09. The first-order valence-corrected chi connectivity index (χ1v) is 6.28. The van der Waals surface area contributed by atoms with Crippen molar-refractivity contribution >= 4 is 6.08 Å². The van der Waals surface area contributed by atoms with E-state index in [4.69, 9.17) is 0 Å². The lowest BCUT2D eigenvalue weighted by atomic mass is 9.81. The molecule has 3 rings (SSSR count). The van der Waals surface area contributed by atoms with Gasteiger partial charge in [-0.05, 0) is 29.2 Å². The second-order valence-corrected chi connectivity index (χ2v) is 4.82. The molecule has 0 bridgehead atoms. The number of fused-ring (bicyclic) bond motifs is 1. The molecule has 0 aromatic heterocycles. The maximum Gasteiger partial charge on any atom is 0.0899 e. The van der Waals surface area contributed by atoms with E-state index in [0.717, 1.165) is 11.1 Å². The van der Waals surface area contributed by atoms with Crippen molar-refractivity contribution in [1.82, 2.24) is 0 Å². The predicted octanol–water partition coefficient (Wildman–Crippen LogP) is 3.84. The molecule has 0 saturated carbocycles. The van der Waals surface area contributed by atoms with Crippen LogP contribution in [0, 0.1) is 6.92 Å². The Hall–Kier alpha value is -1.86. The van der Waals surface area contributed by atoms with Crippen LogP contribution in [0.3, 0.4) is 0 Å². The van der Waals surface area contributed by atoms with Gasteiger partial charge in [0, 0.05) is 5.92 Å². The fourth-order valence-corrected chi connectivity index (χ4v) is 2.67. The second kappa shape index (κ2) is 4.43. The van der Waals surface area contributed by atoms with Crippen LogP contribution in [-0.4, -0.2) is 5.11 Å². The van der Waals surface area contributed by atoms with Gasteiger partial charge in [-0.1, -0.05) is 60.7 Å². The topological polar surface area (TPSA) is 20.2 Å². The van der Waals surface area contributed by atoms with E-state index in [1.807, 2.05) is 36.4 Å². The molecule has 2 aromatic rings. The van der Waals surface area contributed by atoms with Gasteiger partial charge in [-0.25, -0.2) is 0 Å². The first-order chi connectivity index (χ1) is 8.77. The van der Waals surface area contributed by atoms with Gasteiger partial charge in [0.1, 0.15) is 0 Å². The lowest BCUT2D eigenvalue weighted by Gasteiger charge is -2.27. The van der Waals surface area contributed by atoms with Gasteiger partial charge in [0.2, 0.25) is 0 Å². The molecule has 1 aliphatic rings. The molecule has 0 radical (unpaired) electrons. The predicted molar refractivity (Wildman–Crippen MR) is 74.4 cm³/mol. The summed E-state index contributed by atoms with van der Waals surface area (Å²) in [4.78, 5) is 0. The van der Waals surface area contributed by atoms with Crippen molar-refractivity contribution in [3.8, 4) is 0 Å². The quantitative estimate of drug-likeness (QED) is 0.797. The van der Waals surface area contributed by atoms with Gasteiger partial charge in [-0.15, -0.1) is 0 Å². The van der Waals surface area contributed by atoms with Crippen molar-refractivity contribution in [3.05, 3.63) is 76.9 Å². The largest absolute Gasteiger partial charge is 0.387 e. The molecule has 2 atom stereocenters. The Morgan fingerprint density at radius 2 is 1.56 bits per heavy atom. The zero-order valence-corrected chi connectivity index (χ0v) is 10.4. The Morgan fingerprint density at radius 1 is 0.889 bits per heavy atom. The molecule has 0 unspecified atom stereocenters. The van der Waals surface area contributed by atoms with Gasteiger partial charge in [0.05, 0.1) is 6.10 Å². The van der Waals surface area contributed by atoms with Crippen LogP contribution in [0.5, 0.6) is 0 Å². The summed E-state index contributed by atoms with van der Waals surface area (Å²) < 4.78 is 0. The van der Waals surface area contributed by atoms with Gasteiger partial charge in [-0.3, -0.25) is 0 Å². The Bertz CT molecular complexity index is 598. The van der Waals surface area contributed by atoms with Crippen LogP contribution in [0.4, 0.5) is 0 Å². The highest BCUT2D eigenvalue weighted by molar-refractivity contribution is 5.60. The molecule has 0 aliphatic heterocycles. The minimum absolute atomic E-state index is 0.0566. The van der Waals surface area contributed by atoms with Crippen LogP contribution in [-0.2, 0) is 0 Å². The summed E-state index contributed by atoms with van der Waals surface area (Å²) in [5, 5.41) is 10.5. The summed E-state index contributed by atoms with van der Waals surface area (Å²) >= 11 is 0. The fraction of sp³-hybridized carbons (Fsp3) is 0.176. The van der Waals surface area contributed by atoms with Crippen molar-refractivity contribution in [2.45, 2.75) is 18.9 Å². The highest BCUT2D eigenvalue weighted by atomic mass is 16.3. The number of hydrogen-bond acceptors (Lipinski definition) is 1. The second-order valence-electron chi connectivity index (χ2n) is 4.82. The average molecular weight is 236 g/mol. The van der Waals surface area contributed by atoms with E-state index in [2.05, 4.69) is 31.2 Å². The number of benzene rings is 2. The summed E-state index contributed by atoms with van der Waals surface area (Å²) in [7, 11) is 0. The number of aryl methyl sites for hydroxylation is 1. The maximum atomic E-state index is 10.5. The van der Waals surface area contributed by atoms with E-state index in [1.54, 1.807) is 0 Å². The normalized spacial score (nSPS) is 21.7. The zero-order valence-electron chi connectivity index (χ0n) is 10.4. The molecule has 18 heavy (non-hydrogen) atoms. The van der Waals surface area contributed by atoms with E-state index in [-0.39, 0.29) is 5.92 Å². The van der Waals surface area contributed by atoms with Crippen molar-refractivity contribution in [2.24, 2.45) is 0 Å². The summed E-state index contributed by atoms with van der Waals surface area (Å²) in [5.41, 5.74) is 4.57. The van der Waals surface area contributed by atoms with E-state index >= 15 is 0 Å². The Labute approximate surface area is 107 Å². The Balaban J connectivity index is 2.06. The molecule has 1 aliphatic carbocycles. The molecule has 1 nitrogen and oxygen atoms in total. The summed E-state index contributed by atoms with van der Waals surface area (Å²) in [6.07, 6.45) is 3.77. The van der Waals surface area contributed by atoms with E-state index < -0.39 is 6.10 Å². The minimum atomic E-state index is -0.452. The van der Waals surface area contributed by atoms with Crippen LogP contribution >= 0.6 is 0 Å². The third-order valence-corrected chi connectivity index (χ3v) is 3.69. The van der Waals surface area contributed by atoms with Crippen LogP contribution in [0.15, 0.2) is 54.6 Å². The standard InChI is InChI=1S/C17H16O/c1-12-6-2-4-8-14(12)16-11-10-13-7-3-5-9-15(13)17(16)18/h2-11,16-18H,1H3/t16-,17-/m1/s1. The van der Waals surface area contributed by atoms with Crippen molar-refractivity contribution in [2.75, 3.05) is 0 Å². The van der Waals surface area contributed by atoms with E-state index in [0.29, 0.717) is 0 Å². The van der Waals surface area contributed by atoms with Crippen LogP contribution < -0.4 is 0 Å². The van der Waals surface area contributed by atoms with Gasteiger partial charge >= 0.3 is 0 Å². The van der Waals surface area contributed by atoms with Crippen LogP contribution in [0.25, 0.3) is 6.08 Å². The maximum absolute atomic E-state index is 10.5. The molecule has 0 saturated heterocycles. The first kappa shape index (κ1) is 11.2. The smallest absolute Gasteiger partial charge is 0.0899 e. The highest BCUT2D eigenvalue weighted by Gasteiger charge is 2.25. The molecule has 90 valence electrons. The zero-order chi connectivity index (χ0) is 12.5. The number of aliphatic hydroxyl groups is 1. The lowest BCUT2D eigenvalue weighted by molar-refractivity contribution is 0.160. The molecule has 0 fully saturated rings.